The standard InChI is InChI=1S/C13H20N4O/c1-3-5-12-15-8-11-17(12)10-6-13(18)16(2)9-4-7-14/h8,11H,3-6,9-10H2,1-2H3. The molecule has 1 aromatic heterocycles. The van der Waals surface area contributed by atoms with E-state index in [1.165, 1.54) is 0 Å². The summed E-state index contributed by atoms with van der Waals surface area (Å²) < 4.78 is 2.03. The highest BCUT2D eigenvalue weighted by Crippen LogP contribution is 2.04. The van der Waals surface area contributed by atoms with Crippen LogP contribution in [0.15, 0.2) is 12.4 Å². The van der Waals surface area contributed by atoms with Gasteiger partial charge in [-0.2, -0.15) is 5.26 Å². The third-order valence-electron chi connectivity index (χ3n) is 2.83. The second-order valence-corrected chi connectivity index (χ2v) is 4.26. The van der Waals surface area contributed by atoms with Crippen LogP contribution < -0.4 is 0 Å². The average molecular weight is 248 g/mol. The summed E-state index contributed by atoms with van der Waals surface area (Å²) >= 11 is 0. The van der Waals surface area contributed by atoms with Crippen molar-refractivity contribution in [2.45, 2.75) is 39.2 Å². The van der Waals surface area contributed by atoms with Crippen molar-refractivity contribution in [2.75, 3.05) is 13.6 Å². The van der Waals surface area contributed by atoms with Crippen molar-refractivity contribution in [1.29, 1.82) is 5.26 Å². The third-order valence-corrected chi connectivity index (χ3v) is 2.83. The number of aromatic nitrogens is 2. The Balaban J connectivity index is 2.42. The summed E-state index contributed by atoms with van der Waals surface area (Å²) in [6.07, 6.45) is 6.50. The van der Waals surface area contributed by atoms with Crippen molar-refractivity contribution in [1.82, 2.24) is 14.5 Å². The highest BCUT2D eigenvalue weighted by atomic mass is 16.2. The molecule has 0 aliphatic heterocycles. The lowest BCUT2D eigenvalue weighted by molar-refractivity contribution is -0.130. The predicted octanol–water partition coefficient (Wildman–Crippen LogP) is 1.60. The largest absolute Gasteiger partial charge is 0.345 e. The molecule has 1 heterocycles. The van der Waals surface area contributed by atoms with E-state index in [4.69, 9.17) is 5.26 Å². The van der Waals surface area contributed by atoms with Gasteiger partial charge in [-0.15, -0.1) is 0 Å². The van der Waals surface area contributed by atoms with E-state index >= 15 is 0 Å². The van der Waals surface area contributed by atoms with Crippen molar-refractivity contribution >= 4 is 5.91 Å². The van der Waals surface area contributed by atoms with Gasteiger partial charge in [0.15, 0.2) is 0 Å². The van der Waals surface area contributed by atoms with Gasteiger partial charge < -0.3 is 9.47 Å². The van der Waals surface area contributed by atoms with Gasteiger partial charge in [-0.3, -0.25) is 4.79 Å². The quantitative estimate of drug-likeness (QED) is 0.736. The van der Waals surface area contributed by atoms with Gasteiger partial charge in [0, 0.05) is 45.4 Å². The molecule has 0 bridgehead atoms. The molecule has 1 aromatic rings. The summed E-state index contributed by atoms with van der Waals surface area (Å²) in [4.78, 5) is 17.7. The number of carbonyl (C=O) groups is 1. The smallest absolute Gasteiger partial charge is 0.224 e. The molecule has 0 spiro atoms. The van der Waals surface area contributed by atoms with Gasteiger partial charge in [-0.1, -0.05) is 6.92 Å². The van der Waals surface area contributed by atoms with Gasteiger partial charge >= 0.3 is 0 Å². The van der Waals surface area contributed by atoms with E-state index < -0.39 is 0 Å². The maximum Gasteiger partial charge on any atom is 0.224 e. The van der Waals surface area contributed by atoms with Gasteiger partial charge in [0.25, 0.3) is 0 Å². The Morgan fingerprint density at radius 1 is 1.61 bits per heavy atom. The molecule has 0 aromatic carbocycles. The molecule has 18 heavy (non-hydrogen) atoms. The molecule has 0 aliphatic rings. The van der Waals surface area contributed by atoms with Crippen LogP contribution in [0, 0.1) is 11.3 Å². The summed E-state index contributed by atoms with van der Waals surface area (Å²) in [7, 11) is 1.74. The predicted molar refractivity (Wildman–Crippen MR) is 68.7 cm³/mol. The number of imidazole rings is 1. The van der Waals surface area contributed by atoms with Gasteiger partial charge in [-0.25, -0.2) is 4.98 Å². The summed E-state index contributed by atoms with van der Waals surface area (Å²) in [5.74, 6) is 1.10. The minimum atomic E-state index is 0.0707. The molecule has 0 aliphatic carbocycles. The maximum atomic E-state index is 11.8. The fourth-order valence-corrected chi connectivity index (χ4v) is 1.74. The van der Waals surface area contributed by atoms with E-state index in [-0.39, 0.29) is 5.91 Å². The molecule has 0 radical (unpaired) electrons. The second-order valence-electron chi connectivity index (χ2n) is 4.26. The van der Waals surface area contributed by atoms with Gasteiger partial charge in [-0.05, 0) is 6.42 Å². The van der Waals surface area contributed by atoms with Crippen molar-refractivity contribution in [2.24, 2.45) is 0 Å². The van der Waals surface area contributed by atoms with Crippen molar-refractivity contribution < 1.29 is 4.79 Å². The Morgan fingerprint density at radius 2 is 2.39 bits per heavy atom. The Morgan fingerprint density at radius 3 is 3.06 bits per heavy atom. The zero-order chi connectivity index (χ0) is 13.4. The van der Waals surface area contributed by atoms with Gasteiger partial charge in [0.2, 0.25) is 5.91 Å². The van der Waals surface area contributed by atoms with Crippen molar-refractivity contribution in [3.8, 4) is 6.07 Å². The van der Waals surface area contributed by atoms with E-state index in [2.05, 4.69) is 11.9 Å². The van der Waals surface area contributed by atoms with E-state index in [9.17, 15) is 4.79 Å². The molecule has 98 valence electrons. The van der Waals surface area contributed by atoms with Crippen LogP contribution in [0.3, 0.4) is 0 Å². The van der Waals surface area contributed by atoms with E-state index in [0.29, 0.717) is 25.9 Å². The van der Waals surface area contributed by atoms with E-state index in [1.807, 2.05) is 16.8 Å². The van der Waals surface area contributed by atoms with Crippen LogP contribution >= 0.6 is 0 Å². The molecule has 5 nitrogen and oxygen atoms in total. The lowest BCUT2D eigenvalue weighted by Gasteiger charge is -2.16. The molecular weight excluding hydrogens is 228 g/mol. The monoisotopic (exact) mass is 248 g/mol. The number of hydrogen-bond donors (Lipinski definition) is 0. The highest BCUT2D eigenvalue weighted by Gasteiger charge is 2.09. The maximum absolute atomic E-state index is 11.8. The number of rotatable bonds is 7. The zero-order valence-electron chi connectivity index (χ0n) is 11.1. The lowest BCUT2D eigenvalue weighted by Crippen LogP contribution is -2.28. The normalized spacial score (nSPS) is 10.1. The molecule has 0 saturated heterocycles. The molecule has 0 unspecified atom stereocenters. The molecule has 0 saturated carbocycles. The molecule has 0 fully saturated rings. The van der Waals surface area contributed by atoms with Crippen molar-refractivity contribution in [3.63, 3.8) is 0 Å². The Labute approximate surface area is 108 Å². The topological polar surface area (TPSA) is 61.9 Å². The summed E-state index contributed by atoms with van der Waals surface area (Å²) in [5.41, 5.74) is 0. The Hall–Kier alpha value is -1.83. The molecular formula is C13H20N4O. The Kier molecular flexibility index (Phi) is 5.92. The number of hydrogen-bond acceptors (Lipinski definition) is 3. The summed E-state index contributed by atoms with van der Waals surface area (Å²) in [5, 5.41) is 8.47. The van der Waals surface area contributed by atoms with E-state index in [1.54, 1.807) is 18.1 Å². The van der Waals surface area contributed by atoms with Crippen molar-refractivity contribution in [3.05, 3.63) is 18.2 Å². The fourth-order valence-electron chi connectivity index (χ4n) is 1.74. The molecule has 5 heteroatoms. The minimum Gasteiger partial charge on any atom is -0.345 e. The summed E-state index contributed by atoms with van der Waals surface area (Å²) in [6.45, 7) is 3.27. The van der Waals surface area contributed by atoms with Crippen LogP contribution in [0.5, 0.6) is 0 Å². The lowest BCUT2D eigenvalue weighted by atomic mass is 10.3. The first-order valence-corrected chi connectivity index (χ1v) is 6.30. The van der Waals surface area contributed by atoms with Crippen LogP contribution in [0.2, 0.25) is 0 Å². The molecule has 0 N–H and O–H groups in total. The molecule has 1 rings (SSSR count). The molecule has 1 amide bonds. The third kappa shape index (κ3) is 4.21. The summed E-state index contributed by atoms with van der Waals surface area (Å²) in [6, 6.07) is 2.04. The fraction of sp³-hybridized carbons (Fsp3) is 0.615. The SMILES string of the molecule is CCCc1nccn1CCC(=O)N(C)CCC#N. The number of amides is 1. The minimum absolute atomic E-state index is 0.0707. The van der Waals surface area contributed by atoms with Crippen LogP contribution in [0.25, 0.3) is 0 Å². The number of nitrogens with zero attached hydrogens (tertiary/aromatic N) is 4. The van der Waals surface area contributed by atoms with Gasteiger partial charge in [0.1, 0.15) is 5.82 Å². The first-order valence-electron chi connectivity index (χ1n) is 6.30. The van der Waals surface area contributed by atoms with Crippen LogP contribution in [0.1, 0.15) is 32.0 Å². The zero-order valence-corrected chi connectivity index (χ0v) is 11.1. The van der Waals surface area contributed by atoms with Gasteiger partial charge in [0.05, 0.1) is 12.5 Å². The first-order chi connectivity index (χ1) is 8.69. The number of aryl methyl sites for hydroxylation is 2. The molecule has 0 atom stereocenters. The first kappa shape index (κ1) is 14.2. The van der Waals surface area contributed by atoms with E-state index in [0.717, 1.165) is 18.7 Å². The highest BCUT2D eigenvalue weighted by molar-refractivity contribution is 5.75. The number of nitriles is 1. The second kappa shape index (κ2) is 7.49. The Bertz CT molecular complexity index is 419. The number of carbonyl (C=O) groups excluding carboxylic acids is 1. The van der Waals surface area contributed by atoms with Crippen LogP contribution in [-0.4, -0.2) is 34.0 Å². The van der Waals surface area contributed by atoms with Crippen LogP contribution in [0.4, 0.5) is 0 Å². The average Bonchev–Trinajstić information content (AvgIpc) is 2.81. The van der Waals surface area contributed by atoms with Crippen LogP contribution in [-0.2, 0) is 17.8 Å².